The first-order valence-corrected chi connectivity index (χ1v) is 20.6. The Kier molecular flexibility index (Phi) is 14.8. The molecule has 0 saturated carbocycles. The van der Waals surface area contributed by atoms with Gasteiger partial charge in [0.1, 0.15) is 22.1 Å². The zero-order valence-electron chi connectivity index (χ0n) is 27.3. The van der Waals surface area contributed by atoms with Gasteiger partial charge in [-0.15, -0.1) is 52.1 Å². The molecule has 3 N–H and O–H groups in total. The number of fused-ring (bicyclic) bond motifs is 1. The lowest BCUT2D eigenvalue weighted by Crippen LogP contribution is -2.81. The van der Waals surface area contributed by atoms with E-state index in [0.29, 0.717) is 16.3 Å². The number of nitriles is 2. The fourth-order valence-corrected chi connectivity index (χ4v) is 10.2. The number of carbonyl (C=O) groups is 5. The molecule has 0 unspecified atom stereocenters. The Morgan fingerprint density at radius 1 is 1.10 bits per heavy atom. The molecular weight excluding hydrogens is 785 g/mol. The minimum absolute atomic E-state index is 0.0297. The van der Waals surface area contributed by atoms with Gasteiger partial charge in [-0.1, -0.05) is 11.8 Å². The lowest BCUT2D eigenvalue weighted by molar-refractivity contribution is -0.191. The Balaban J connectivity index is 1.76. The third-order valence-corrected chi connectivity index (χ3v) is 13.2. The summed E-state index contributed by atoms with van der Waals surface area (Å²) in [4.78, 5) is 69.8. The van der Waals surface area contributed by atoms with E-state index < -0.39 is 52.3 Å². The first-order chi connectivity index (χ1) is 24.5. The Bertz CT molecular complexity index is 1700. The molecule has 3 aliphatic heterocycles. The molecule has 0 aliphatic carbocycles. The SMILES string of the molecule is CO[C@H](NC(=O)CSCC#N)[C@H]1SCC(CSc2nnnn2C)=C(C(=O)O)N1C(=O)C1=C(CS)CS[C@H]2N1C(=O)[C@]2(NC(=O)CSCC#N)OC. The molecule has 0 aromatic carbocycles. The molecule has 51 heavy (non-hydrogen) atoms. The number of thiol groups is 1. The molecule has 4 atom stereocenters. The van der Waals surface area contributed by atoms with Crippen molar-refractivity contribution >= 4 is 101 Å². The van der Waals surface area contributed by atoms with Crippen LogP contribution in [0, 0.1) is 22.7 Å². The standard InChI is InChI=1S/C27H32N10O8S6/c1-35-26(32-33-34-35)51-11-15-10-49-22(20(44-2)30-16(38)12-47-6-4-28)36(19(15)23(41)42)21(40)18-14(8-46)9-50-25-27(45-3,24(43)37(18)25)31-17(39)13-48-7-5-29/h20,22,25,46H,6-13H2,1-3H3,(H,30,38)(H,31,39)(H,41,42)/t20-,22+,25+,27-/m0/s1. The number of ether oxygens (including phenoxy) is 2. The number of thioether (sulfide) groups is 5. The molecule has 4 heterocycles. The van der Waals surface area contributed by atoms with Crippen molar-refractivity contribution in [1.29, 1.82) is 10.5 Å². The number of β-lactam (4-membered cyclic amide) rings is 1. The van der Waals surface area contributed by atoms with Crippen LogP contribution in [-0.4, -0.2) is 148 Å². The van der Waals surface area contributed by atoms with E-state index in [9.17, 15) is 29.1 Å². The van der Waals surface area contributed by atoms with Crippen LogP contribution in [0.5, 0.6) is 0 Å². The number of nitrogens with zero attached hydrogens (tertiary/aromatic N) is 8. The smallest absolute Gasteiger partial charge is 0.352 e. The summed E-state index contributed by atoms with van der Waals surface area (Å²) >= 11 is 10.1. The molecule has 4 amide bonds. The number of carbonyl (C=O) groups excluding carboxylic acids is 4. The Morgan fingerprint density at radius 2 is 1.76 bits per heavy atom. The van der Waals surface area contributed by atoms with E-state index in [1.54, 1.807) is 7.05 Å². The van der Waals surface area contributed by atoms with Gasteiger partial charge in [0, 0.05) is 44.3 Å². The monoisotopic (exact) mass is 816 g/mol. The van der Waals surface area contributed by atoms with Crippen molar-refractivity contribution in [2.75, 3.05) is 60.2 Å². The van der Waals surface area contributed by atoms with Crippen LogP contribution >= 0.6 is 71.4 Å². The van der Waals surface area contributed by atoms with Crippen molar-refractivity contribution in [3.63, 3.8) is 0 Å². The highest BCUT2D eigenvalue weighted by Gasteiger charge is 2.67. The predicted octanol–water partition coefficient (Wildman–Crippen LogP) is -0.297. The number of carboxylic acid groups (broad SMARTS) is 1. The summed E-state index contributed by atoms with van der Waals surface area (Å²) in [6.07, 6.45) is -1.22. The number of amides is 4. The predicted molar refractivity (Wildman–Crippen MR) is 194 cm³/mol. The fourth-order valence-electron chi connectivity index (χ4n) is 5.17. The minimum atomic E-state index is -1.83. The third-order valence-electron chi connectivity index (χ3n) is 7.40. The summed E-state index contributed by atoms with van der Waals surface area (Å²) in [5.41, 5.74) is -1.59. The average molecular weight is 817 g/mol. The van der Waals surface area contributed by atoms with Gasteiger partial charge in [0.2, 0.25) is 17.0 Å². The second kappa shape index (κ2) is 18.6. The summed E-state index contributed by atoms with van der Waals surface area (Å²) in [5, 5.41) is 43.4. The lowest BCUT2D eigenvalue weighted by Gasteiger charge is -2.56. The van der Waals surface area contributed by atoms with Gasteiger partial charge in [0.15, 0.2) is 6.23 Å². The first kappa shape index (κ1) is 40.7. The highest BCUT2D eigenvalue weighted by atomic mass is 32.2. The highest BCUT2D eigenvalue weighted by Crippen LogP contribution is 2.48. The molecule has 0 radical (unpaired) electrons. The second-order valence-corrected chi connectivity index (χ2v) is 15.9. The number of aryl methyl sites for hydroxylation is 1. The molecule has 1 saturated heterocycles. The van der Waals surface area contributed by atoms with Gasteiger partial charge in [-0.25, -0.2) is 9.48 Å². The number of hydrogen-bond acceptors (Lipinski definition) is 18. The molecule has 4 rings (SSSR count). The molecule has 3 aliphatic rings. The number of hydrogen-bond donors (Lipinski definition) is 4. The van der Waals surface area contributed by atoms with Crippen LogP contribution in [0.15, 0.2) is 27.7 Å². The van der Waals surface area contributed by atoms with Crippen molar-refractivity contribution < 1.29 is 38.6 Å². The Hall–Kier alpha value is -3.10. The summed E-state index contributed by atoms with van der Waals surface area (Å²) in [6.45, 7) is 0. The average Bonchev–Trinajstić information content (AvgIpc) is 3.54. The molecule has 1 aromatic heterocycles. The van der Waals surface area contributed by atoms with Gasteiger partial charge < -0.3 is 25.2 Å². The van der Waals surface area contributed by atoms with Crippen molar-refractivity contribution in [1.82, 2.24) is 40.6 Å². The van der Waals surface area contributed by atoms with Gasteiger partial charge in [0.05, 0.1) is 35.1 Å². The van der Waals surface area contributed by atoms with Gasteiger partial charge >= 0.3 is 5.97 Å². The zero-order chi connectivity index (χ0) is 37.3. The minimum Gasteiger partial charge on any atom is -0.477 e. The number of methoxy groups -OCH3 is 2. The molecule has 1 fully saturated rings. The molecule has 0 bridgehead atoms. The third kappa shape index (κ3) is 8.76. The Labute approximate surface area is 319 Å². The molecule has 1 aromatic rings. The number of rotatable bonds is 17. The maximum atomic E-state index is 14.9. The zero-order valence-corrected chi connectivity index (χ0v) is 32.2. The molecule has 274 valence electrons. The summed E-state index contributed by atoms with van der Waals surface area (Å²) < 4.78 is 12.6. The van der Waals surface area contributed by atoms with E-state index in [1.165, 1.54) is 35.6 Å². The van der Waals surface area contributed by atoms with Crippen molar-refractivity contribution in [3.05, 3.63) is 22.5 Å². The number of nitrogens with one attached hydrogen (secondary N) is 2. The highest BCUT2D eigenvalue weighted by molar-refractivity contribution is 8.01. The van der Waals surface area contributed by atoms with Crippen LogP contribution in [0.2, 0.25) is 0 Å². The number of tetrazole rings is 1. The lowest BCUT2D eigenvalue weighted by atomic mass is 9.97. The summed E-state index contributed by atoms with van der Waals surface area (Å²) in [7, 11) is 4.16. The van der Waals surface area contributed by atoms with Crippen molar-refractivity contribution in [3.8, 4) is 12.1 Å². The number of carboxylic acids is 1. The van der Waals surface area contributed by atoms with Gasteiger partial charge in [-0.3, -0.25) is 29.0 Å². The molecular formula is C27H32N10O8S6. The fraction of sp³-hybridized carbons (Fsp3) is 0.556. The summed E-state index contributed by atoms with van der Waals surface area (Å²) in [5.74, 6) is -3.81. The number of aliphatic carboxylic acids is 1. The van der Waals surface area contributed by atoms with Gasteiger partial charge in [-0.05, 0) is 21.6 Å². The normalized spacial score (nSPS) is 22.0. The van der Waals surface area contributed by atoms with Crippen molar-refractivity contribution in [2.45, 2.75) is 27.9 Å². The topological polar surface area (TPSA) is 246 Å². The Morgan fingerprint density at radius 3 is 2.33 bits per heavy atom. The van der Waals surface area contributed by atoms with E-state index in [0.717, 1.165) is 51.9 Å². The largest absolute Gasteiger partial charge is 0.477 e. The van der Waals surface area contributed by atoms with Crippen LogP contribution in [0.4, 0.5) is 0 Å². The van der Waals surface area contributed by atoms with Crippen LogP contribution in [0.3, 0.4) is 0 Å². The molecule has 24 heteroatoms. The van der Waals surface area contributed by atoms with Crippen LogP contribution in [0.25, 0.3) is 0 Å². The van der Waals surface area contributed by atoms with Gasteiger partial charge in [-0.2, -0.15) is 23.2 Å². The van der Waals surface area contributed by atoms with E-state index in [1.807, 2.05) is 12.1 Å². The molecule has 0 spiro atoms. The van der Waals surface area contributed by atoms with E-state index in [-0.39, 0.29) is 57.4 Å². The van der Waals surface area contributed by atoms with Gasteiger partial charge in [0.25, 0.3) is 17.5 Å². The van der Waals surface area contributed by atoms with Crippen LogP contribution < -0.4 is 10.6 Å². The van der Waals surface area contributed by atoms with Crippen LogP contribution in [-0.2, 0) is 40.5 Å². The van der Waals surface area contributed by atoms with Crippen LogP contribution in [0.1, 0.15) is 0 Å². The van der Waals surface area contributed by atoms with Crippen molar-refractivity contribution in [2.24, 2.45) is 7.05 Å². The first-order valence-electron chi connectivity index (χ1n) is 14.6. The van der Waals surface area contributed by atoms with E-state index in [2.05, 4.69) is 38.8 Å². The molecule has 18 nitrogen and oxygen atoms in total. The number of aromatic nitrogens is 4. The van der Waals surface area contributed by atoms with E-state index in [4.69, 9.17) is 20.0 Å². The maximum Gasteiger partial charge on any atom is 0.352 e. The summed E-state index contributed by atoms with van der Waals surface area (Å²) in [6, 6.07) is 3.86. The maximum absolute atomic E-state index is 14.9. The van der Waals surface area contributed by atoms with E-state index >= 15 is 0 Å². The quantitative estimate of drug-likeness (QED) is 0.0518. The second-order valence-electron chi connectivity index (χ2n) is 10.5.